The molecule has 0 unspecified atom stereocenters. The van der Waals surface area contributed by atoms with Crippen molar-refractivity contribution in [1.29, 1.82) is 0 Å². The second-order valence-electron chi connectivity index (χ2n) is 5.60. The van der Waals surface area contributed by atoms with Crippen LogP contribution < -0.4 is 0 Å². The van der Waals surface area contributed by atoms with E-state index in [0.29, 0.717) is 13.0 Å². The first-order valence-corrected chi connectivity index (χ1v) is 10.1. The molecule has 134 valence electrons. The summed E-state index contributed by atoms with van der Waals surface area (Å²) in [6.07, 6.45) is 4.97. The lowest BCUT2D eigenvalue weighted by Gasteiger charge is -2.22. The molecule has 0 rings (SSSR count). The molecule has 7 heteroatoms. The van der Waals surface area contributed by atoms with Gasteiger partial charge < -0.3 is 4.74 Å². The fourth-order valence-electron chi connectivity index (χ4n) is 1.53. The van der Waals surface area contributed by atoms with Gasteiger partial charge in [0.1, 0.15) is 0 Å². The second-order valence-corrected chi connectivity index (χ2v) is 7.76. The Balaban J connectivity index is 0. The fraction of sp³-hybridized carbons (Fsp3) is 0.933. The third-order valence-electron chi connectivity index (χ3n) is 2.86. The van der Waals surface area contributed by atoms with Crippen LogP contribution in [0, 0.1) is 5.41 Å². The van der Waals surface area contributed by atoms with Gasteiger partial charge in [-0.3, -0.25) is 8.98 Å². The molecule has 0 radical (unpaired) electrons. The molecular weight excluding hydrogens is 328 g/mol. The molecule has 0 bridgehead atoms. The van der Waals surface area contributed by atoms with Gasteiger partial charge in [-0.05, 0) is 18.3 Å². The van der Waals surface area contributed by atoms with Gasteiger partial charge in [-0.2, -0.15) is 8.42 Å². The lowest BCUT2D eigenvalue weighted by molar-refractivity contribution is -0.144. The summed E-state index contributed by atoms with van der Waals surface area (Å²) in [5.74, 6) is -0.261. The summed E-state index contributed by atoms with van der Waals surface area (Å²) in [5, 5.41) is 0. The van der Waals surface area contributed by atoms with E-state index in [-0.39, 0.29) is 19.0 Å². The van der Waals surface area contributed by atoms with Crippen LogP contribution in [-0.4, -0.2) is 27.6 Å². The maximum atomic E-state index is 11.5. The maximum Gasteiger partial charge on any atom is 0.355 e. The van der Waals surface area contributed by atoms with E-state index in [4.69, 9.17) is 15.4 Å². The Morgan fingerprint density at radius 3 is 2.23 bits per heavy atom. The Kier molecular flexibility index (Phi) is 14.3. The number of unbranched alkanes of at least 4 members (excludes halogenated alkanes) is 3. The van der Waals surface area contributed by atoms with Gasteiger partial charge in [0.2, 0.25) is 0 Å². The van der Waals surface area contributed by atoms with Gasteiger partial charge in [-0.1, -0.05) is 53.9 Å². The average Bonchev–Trinajstić information content (AvgIpc) is 2.45. The predicted molar refractivity (Wildman–Crippen MR) is 90.2 cm³/mol. The first-order chi connectivity index (χ1) is 10.2. The Hall–Kier alpha value is -0.330. The standard InChI is InChI=1S/C13H25ClO5S.C2H6/c1-4-5-6-7-10-18-12(15)8-9-13(2,3)11-19-20(14,16)17;1-2/h4-11H2,1-3H3;1-2H3. The first kappa shape index (κ1) is 23.9. The molecule has 0 N–H and O–H groups in total. The monoisotopic (exact) mass is 358 g/mol. The zero-order chi connectivity index (χ0) is 17.6. The number of ether oxygens (including phenoxy) is 1. The summed E-state index contributed by atoms with van der Waals surface area (Å²) in [5.41, 5.74) is -0.455. The summed E-state index contributed by atoms with van der Waals surface area (Å²) >= 11 is 0. The molecule has 0 aliphatic rings. The van der Waals surface area contributed by atoms with Crippen molar-refractivity contribution in [2.45, 2.75) is 73.1 Å². The van der Waals surface area contributed by atoms with E-state index in [9.17, 15) is 13.2 Å². The highest BCUT2D eigenvalue weighted by Crippen LogP contribution is 2.24. The molecule has 5 nitrogen and oxygen atoms in total. The van der Waals surface area contributed by atoms with Gasteiger partial charge in [0.25, 0.3) is 0 Å². The molecule has 0 aromatic heterocycles. The Morgan fingerprint density at radius 2 is 1.73 bits per heavy atom. The van der Waals surface area contributed by atoms with Crippen LogP contribution in [0.2, 0.25) is 0 Å². The third-order valence-corrected chi connectivity index (χ3v) is 3.52. The summed E-state index contributed by atoms with van der Waals surface area (Å²) < 4.78 is 31.0. The van der Waals surface area contributed by atoms with E-state index in [2.05, 4.69) is 11.1 Å². The van der Waals surface area contributed by atoms with Crippen LogP contribution in [0.3, 0.4) is 0 Å². The lowest BCUT2D eigenvalue weighted by Crippen LogP contribution is -2.22. The third kappa shape index (κ3) is 17.7. The van der Waals surface area contributed by atoms with Crippen molar-refractivity contribution in [1.82, 2.24) is 0 Å². The Bertz CT molecular complexity index is 379. The van der Waals surface area contributed by atoms with Crippen molar-refractivity contribution in [2.24, 2.45) is 5.41 Å². The summed E-state index contributed by atoms with van der Waals surface area (Å²) in [6, 6.07) is 0. The highest BCUT2D eigenvalue weighted by atomic mass is 35.7. The van der Waals surface area contributed by atoms with Crippen LogP contribution >= 0.6 is 10.7 Å². The van der Waals surface area contributed by atoms with Crippen molar-refractivity contribution >= 4 is 26.0 Å². The van der Waals surface area contributed by atoms with E-state index >= 15 is 0 Å². The van der Waals surface area contributed by atoms with E-state index in [0.717, 1.165) is 25.7 Å². The van der Waals surface area contributed by atoms with Crippen LogP contribution in [0.15, 0.2) is 0 Å². The topological polar surface area (TPSA) is 69.7 Å². The fourth-order valence-corrected chi connectivity index (χ4v) is 2.12. The molecule has 0 aliphatic carbocycles. The molecule has 0 fully saturated rings. The summed E-state index contributed by atoms with van der Waals surface area (Å²) in [7, 11) is 1.01. The number of carbonyl (C=O) groups is 1. The zero-order valence-electron chi connectivity index (χ0n) is 14.5. The number of rotatable bonds is 11. The van der Waals surface area contributed by atoms with Crippen LogP contribution in [0.1, 0.15) is 73.1 Å². The SMILES string of the molecule is CC.CCCCCCOC(=O)CCC(C)(C)COS(=O)(=O)Cl. The predicted octanol–water partition coefficient (Wildman–Crippen LogP) is 4.44. The number of carbonyl (C=O) groups excluding carboxylic acids is 1. The van der Waals surface area contributed by atoms with Crippen molar-refractivity contribution in [3.05, 3.63) is 0 Å². The number of hydrogen-bond acceptors (Lipinski definition) is 5. The van der Waals surface area contributed by atoms with Crippen molar-refractivity contribution in [2.75, 3.05) is 13.2 Å². The van der Waals surface area contributed by atoms with Gasteiger partial charge in [-0.15, -0.1) is 0 Å². The number of hydrogen-bond donors (Lipinski definition) is 0. The van der Waals surface area contributed by atoms with Gasteiger partial charge in [0.15, 0.2) is 0 Å². The van der Waals surface area contributed by atoms with E-state index < -0.39 is 14.7 Å². The van der Waals surface area contributed by atoms with Crippen LogP contribution in [0.25, 0.3) is 0 Å². The molecule has 0 saturated carbocycles. The van der Waals surface area contributed by atoms with Crippen LogP contribution in [-0.2, 0) is 23.0 Å². The quantitative estimate of drug-likeness (QED) is 0.310. The minimum absolute atomic E-state index is 0.0530. The number of halogens is 1. The number of esters is 1. The van der Waals surface area contributed by atoms with Gasteiger partial charge in [0.05, 0.1) is 13.2 Å². The Morgan fingerprint density at radius 1 is 1.14 bits per heavy atom. The minimum atomic E-state index is -3.96. The molecule has 0 spiro atoms. The lowest BCUT2D eigenvalue weighted by atomic mass is 9.89. The first-order valence-electron chi connectivity index (χ1n) is 7.91. The molecule has 0 aromatic rings. The molecule has 0 heterocycles. The van der Waals surface area contributed by atoms with Crippen LogP contribution in [0.4, 0.5) is 0 Å². The van der Waals surface area contributed by atoms with E-state index in [1.54, 1.807) is 0 Å². The van der Waals surface area contributed by atoms with E-state index in [1.807, 2.05) is 27.7 Å². The van der Waals surface area contributed by atoms with Crippen molar-refractivity contribution in [3.8, 4) is 0 Å². The van der Waals surface area contributed by atoms with Gasteiger partial charge >= 0.3 is 15.3 Å². The molecule has 0 aromatic carbocycles. The van der Waals surface area contributed by atoms with Gasteiger partial charge in [0, 0.05) is 17.1 Å². The van der Waals surface area contributed by atoms with Crippen LogP contribution in [0.5, 0.6) is 0 Å². The van der Waals surface area contributed by atoms with Crippen molar-refractivity contribution in [3.63, 3.8) is 0 Å². The molecular formula is C15H31ClO5S. The molecule has 0 aliphatic heterocycles. The Labute approximate surface area is 140 Å². The molecule has 0 amide bonds. The van der Waals surface area contributed by atoms with Crippen molar-refractivity contribution < 1.29 is 22.1 Å². The smallest absolute Gasteiger partial charge is 0.355 e. The minimum Gasteiger partial charge on any atom is -0.466 e. The van der Waals surface area contributed by atoms with E-state index in [1.165, 1.54) is 0 Å². The second kappa shape index (κ2) is 13.1. The largest absolute Gasteiger partial charge is 0.466 e. The average molecular weight is 359 g/mol. The maximum absolute atomic E-state index is 11.5. The zero-order valence-corrected chi connectivity index (χ0v) is 16.1. The summed E-state index contributed by atoms with van der Waals surface area (Å²) in [4.78, 5) is 11.5. The van der Waals surface area contributed by atoms with Gasteiger partial charge in [-0.25, -0.2) is 0 Å². The molecule has 0 saturated heterocycles. The highest BCUT2D eigenvalue weighted by molar-refractivity contribution is 8.09. The summed E-state index contributed by atoms with van der Waals surface area (Å²) in [6.45, 7) is 10.1. The normalized spacial score (nSPS) is 11.5. The highest BCUT2D eigenvalue weighted by Gasteiger charge is 2.23. The molecule has 22 heavy (non-hydrogen) atoms. The molecule has 0 atom stereocenters.